The predicted molar refractivity (Wildman–Crippen MR) is 53.4 cm³/mol. The Morgan fingerprint density at radius 3 is 2.92 bits per heavy atom. The molecule has 1 aliphatic heterocycles. The first-order valence-electron chi connectivity index (χ1n) is 4.61. The largest absolute Gasteiger partial charge is 0.342 e. The lowest BCUT2D eigenvalue weighted by Gasteiger charge is -2.15. The van der Waals surface area contributed by atoms with Crippen LogP contribution in [0.1, 0.15) is 26.2 Å². The Hall–Kier alpha value is -0.0500. The first kappa shape index (κ1) is 10.0. The van der Waals surface area contributed by atoms with Crippen LogP contribution in [0.25, 0.3) is 0 Å². The van der Waals surface area contributed by atoms with Crippen molar-refractivity contribution in [2.24, 2.45) is 5.92 Å². The van der Waals surface area contributed by atoms with Gasteiger partial charge in [-0.25, -0.2) is 0 Å². The van der Waals surface area contributed by atoms with Crippen LogP contribution in [-0.2, 0) is 4.79 Å². The van der Waals surface area contributed by atoms with Crippen molar-refractivity contribution < 1.29 is 4.79 Å². The normalized spacial score (nSPS) is 23.2. The number of hydrogen-bond donors (Lipinski definition) is 0. The molecule has 2 nitrogen and oxygen atoms in total. The molecule has 1 atom stereocenters. The molecule has 0 spiro atoms. The van der Waals surface area contributed by atoms with Crippen molar-refractivity contribution in [3.8, 4) is 0 Å². The summed E-state index contributed by atoms with van der Waals surface area (Å²) in [4.78, 5) is 13.4. The molecule has 0 aliphatic carbocycles. The number of carbonyl (C=O) groups excluding carboxylic acids is 1. The Morgan fingerprint density at radius 2 is 2.42 bits per heavy atom. The smallest absolute Gasteiger partial charge is 0.222 e. The number of carbonyl (C=O) groups is 1. The highest BCUT2D eigenvalue weighted by Gasteiger charge is 2.24. The Balaban J connectivity index is 2.31. The van der Waals surface area contributed by atoms with Gasteiger partial charge in [-0.3, -0.25) is 4.79 Å². The molecule has 0 bridgehead atoms. The minimum atomic E-state index is 0.334. The SMILES string of the molecule is CCCC(=O)N1CCC(CBr)C1. The van der Waals surface area contributed by atoms with Gasteiger partial charge in [-0.15, -0.1) is 0 Å². The van der Waals surface area contributed by atoms with E-state index in [1.807, 2.05) is 4.90 Å². The summed E-state index contributed by atoms with van der Waals surface area (Å²) in [6, 6.07) is 0. The van der Waals surface area contributed by atoms with Crippen molar-refractivity contribution >= 4 is 21.8 Å². The van der Waals surface area contributed by atoms with Gasteiger partial charge in [0.15, 0.2) is 0 Å². The van der Waals surface area contributed by atoms with Crippen molar-refractivity contribution in [2.75, 3.05) is 18.4 Å². The van der Waals surface area contributed by atoms with Crippen LogP contribution in [-0.4, -0.2) is 29.2 Å². The summed E-state index contributed by atoms with van der Waals surface area (Å²) in [6.45, 7) is 3.98. The molecule has 0 radical (unpaired) electrons. The van der Waals surface area contributed by atoms with Gasteiger partial charge in [-0.2, -0.15) is 0 Å². The highest BCUT2D eigenvalue weighted by molar-refractivity contribution is 9.09. The van der Waals surface area contributed by atoms with Gasteiger partial charge in [0.05, 0.1) is 0 Å². The summed E-state index contributed by atoms with van der Waals surface area (Å²) < 4.78 is 0. The second-order valence-electron chi connectivity index (χ2n) is 3.40. The van der Waals surface area contributed by atoms with Crippen molar-refractivity contribution in [3.05, 3.63) is 0 Å². The van der Waals surface area contributed by atoms with Crippen molar-refractivity contribution in [2.45, 2.75) is 26.2 Å². The molecule has 70 valence electrons. The zero-order valence-electron chi connectivity index (χ0n) is 7.55. The molecule has 1 aliphatic rings. The predicted octanol–water partition coefficient (Wildman–Crippen LogP) is 2.03. The quantitative estimate of drug-likeness (QED) is 0.684. The molecule has 1 fully saturated rings. The summed E-state index contributed by atoms with van der Waals surface area (Å²) in [5.74, 6) is 1.02. The van der Waals surface area contributed by atoms with E-state index in [2.05, 4.69) is 22.9 Å². The molecular formula is C9H16BrNO. The van der Waals surface area contributed by atoms with Crippen molar-refractivity contribution in [1.29, 1.82) is 0 Å². The molecule has 0 aromatic carbocycles. The number of halogens is 1. The third-order valence-corrected chi connectivity index (χ3v) is 3.24. The third-order valence-electron chi connectivity index (χ3n) is 2.32. The number of rotatable bonds is 3. The molecule has 1 amide bonds. The topological polar surface area (TPSA) is 20.3 Å². The molecule has 0 saturated carbocycles. The third kappa shape index (κ3) is 2.47. The summed E-state index contributed by atoms with van der Waals surface area (Å²) in [7, 11) is 0. The number of alkyl halides is 1. The monoisotopic (exact) mass is 233 g/mol. The average molecular weight is 234 g/mol. The van der Waals surface area contributed by atoms with Crippen LogP contribution in [0.15, 0.2) is 0 Å². The Bertz CT molecular complexity index is 161. The lowest BCUT2D eigenvalue weighted by atomic mass is 10.2. The molecule has 1 saturated heterocycles. The van der Waals surface area contributed by atoms with Crippen LogP contribution < -0.4 is 0 Å². The summed E-state index contributed by atoms with van der Waals surface area (Å²) in [6.07, 6.45) is 2.85. The van der Waals surface area contributed by atoms with Gasteiger partial charge >= 0.3 is 0 Å². The van der Waals surface area contributed by atoms with Crippen LogP contribution in [0.2, 0.25) is 0 Å². The average Bonchev–Trinajstić information content (AvgIpc) is 2.52. The fourth-order valence-corrected chi connectivity index (χ4v) is 2.09. The van der Waals surface area contributed by atoms with E-state index in [1.54, 1.807) is 0 Å². The molecule has 1 heterocycles. The maximum Gasteiger partial charge on any atom is 0.222 e. The second kappa shape index (κ2) is 4.85. The Morgan fingerprint density at radius 1 is 1.67 bits per heavy atom. The zero-order valence-corrected chi connectivity index (χ0v) is 9.14. The van der Waals surface area contributed by atoms with Crippen molar-refractivity contribution in [3.63, 3.8) is 0 Å². The maximum absolute atomic E-state index is 11.4. The van der Waals surface area contributed by atoms with E-state index in [0.717, 1.165) is 31.3 Å². The molecule has 1 rings (SSSR count). The Kier molecular flexibility index (Phi) is 4.06. The van der Waals surface area contributed by atoms with E-state index < -0.39 is 0 Å². The minimum Gasteiger partial charge on any atom is -0.342 e. The van der Waals surface area contributed by atoms with Gasteiger partial charge in [0.1, 0.15) is 0 Å². The summed E-state index contributed by atoms with van der Waals surface area (Å²) in [5.41, 5.74) is 0. The van der Waals surface area contributed by atoms with E-state index in [-0.39, 0.29) is 0 Å². The highest BCUT2D eigenvalue weighted by Crippen LogP contribution is 2.18. The summed E-state index contributed by atoms with van der Waals surface area (Å²) in [5, 5.41) is 1.03. The highest BCUT2D eigenvalue weighted by atomic mass is 79.9. The first-order chi connectivity index (χ1) is 5.77. The molecular weight excluding hydrogens is 218 g/mol. The van der Waals surface area contributed by atoms with E-state index in [4.69, 9.17) is 0 Å². The van der Waals surface area contributed by atoms with Crippen LogP contribution >= 0.6 is 15.9 Å². The molecule has 0 N–H and O–H groups in total. The Labute approximate surface area is 82.4 Å². The zero-order chi connectivity index (χ0) is 8.97. The van der Waals surface area contributed by atoms with Crippen LogP contribution in [0.3, 0.4) is 0 Å². The molecule has 0 aromatic heterocycles. The maximum atomic E-state index is 11.4. The van der Waals surface area contributed by atoms with E-state index >= 15 is 0 Å². The molecule has 3 heteroatoms. The van der Waals surface area contributed by atoms with Crippen LogP contribution in [0.5, 0.6) is 0 Å². The van der Waals surface area contributed by atoms with Gasteiger partial charge < -0.3 is 4.90 Å². The van der Waals surface area contributed by atoms with Gasteiger partial charge in [0.2, 0.25) is 5.91 Å². The first-order valence-corrected chi connectivity index (χ1v) is 5.73. The van der Waals surface area contributed by atoms with Crippen LogP contribution in [0.4, 0.5) is 0 Å². The van der Waals surface area contributed by atoms with Crippen LogP contribution in [0, 0.1) is 5.92 Å². The lowest BCUT2D eigenvalue weighted by Crippen LogP contribution is -2.28. The van der Waals surface area contributed by atoms with E-state index in [1.165, 1.54) is 6.42 Å². The fraction of sp³-hybridized carbons (Fsp3) is 0.889. The van der Waals surface area contributed by atoms with E-state index in [9.17, 15) is 4.79 Å². The van der Waals surface area contributed by atoms with Gasteiger partial charge in [-0.1, -0.05) is 22.9 Å². The molecule has 1 unspecified atom stereocenters. The van der Waals surface area contributed by atoms with Gasteiger partial charge in [0.25, 0.3) is 0 Å². The second-order valence-corrected chi connectivity index (χ2v) is 4.05. The van der Waals surface area contributed by atoms with Crippen molar-refractivity contribution in [1.82, 2.24) is 4.90 Å². The number of nitrogens with zero attached hydrogens (tertiary/aromatic N) is 1. The molecule has 0 aromatic rings. The van der Waals surface area contributed by atoms with Gasteiger partial charge in [0, 0.05) is 24.8 Å². The summed E-state index contributed by atoms with van der Waals surface area (Å²) >= 11 is 3.45. The lowest BCUT2D eigenvalue weighted by molar-refractivity contribution is -0.130. The number of hydrogen-bond acceptors (Lipinski definition) is 1. The number of likely N-dealkylation sites (tertiary alicyclic amines) is 1. The molecule has 12 heavy (non-hydrogen) atoms. The fourth-order valence-electron chi connectivity index (χ4n) is 1.56. The minimum absolute atomic E-state index is 0.334. The van der Waals surface area contributed by atoms with Gasteiger partial charge in [-0.05, 0) is 18.8 Å². The standard InChI is InChI=1S/C9H16BrNO/c1-2-3-9(12)11-5-4-8(6-10)7-11/h8H,2-7H2,1H3. The number of amides is 1. The van der Waals surface area contributed by atoms with E-state index in [0.29, 0.717) is 11.8 Å².